The summed E-state index contributed by atoms with van der Waals surface area (Å²) >= 11 is 1.50. The van der Waals surface area contributed by atoms with Crippen molar-refractivity contribution >= 4 is 33.7 Å². The quantitative estimate of drug-likeness (QED) is 0.327. The summed E-state index contributed by atoms with van der Waals surface area (Å²) in [5, 5.41) is 12.1. The first kappa shape index (κ1) is 29.2. The van der Waals surface area contributed by atoms with E-state index in [9.17, 15) is 23.1 Å². The molecular formula is C27H37N3O5S2. The van der Waals surface area contributed by atoms with Crippen molar-refractivity contribution in [3.63, 3.8) is 0 Å². The Labute approximate surface area is 224 Å². The number of benzene rings is 2. The number of likely N-dealkylation sites (tertiary alicyclic amines) is 1. The largest absolute Gasteiger partial charge is 0.480 e. The Morgan fingerprint density at radius 3 is 2.59 bits per heavy atom. The third-order valence-corrected chi connectivity index (χ3v) is 8.80. The van der Waals surface area contributed by atoms with Crippen LogP contribution in [0.1, 0.15) is 49.4 Å². The van der Waals surface area contributed by atoms with Crippen molar-refractivity contribution in [3.8, 4) is 11.1 Å². The van der Waals surface area contributed by atoms with Gasteiger partial charge >= 0.3 is 5.97 Å². The number of piperidine rings is 1. The number of amides is 1. The average Bonchev–Trinajstić information content (AvgIpc) is 2.89. The third-order valence-electron chi connectivity index (χ3n) is 6.70. The number of hydrogen-bond donors (Lipinski definition) is 3. The van der Waals surface area contributed by atoms with Crippen LogP contribution in [-0.2, 0) is 14.8 Å². The molecule has 2 aromatic rings. The Morgan fingerprint density at radius 1 is 1.16 bits per heavy atom. The summed E-state index contributed by atoms with van der Waals surface area (Å²) < 4.78 is 28.9. The van der Waals surface area contributed by atoms with Gasteiger partial charge in [0.1, 0.15) is 6.04 Å². The van der Waals surface area contributed by atoms with E-state index in [1.54, 1.807) is 24.3 Å². The van der Waals surface area contributed by atoms with Crippen molar-refractivity contribution in [2.24, 2.45) is 0 Å². The van der Waals surface area contributed by atoms with Gasteiger partial charge in [0.15, 0.2) is 0 Å². The molecule has 202 valence electrons. The zero-order valence-electron chi connectivity index (χ0n) is 21.5. The second kappa shape index (κ2) is 13.9. The fraction of sp³-hybridized carbons (Fsp3) is 0.481. The molecule has 2 aromatic carbocycles. The molecule has 0 aliphatic carbocycles. The van der Waals surface area contributed by atoms with Gasteiger partial charge < -0.3 is 15.3 Å². The van der Waals surface area contributed by atoms with Crippen molar-refractivity contribution in [1.29, 1.82) is 0 Å². The lowest BCUT2D eigenvalue weighted by Crippen LogP contribution is -2.41. The molecule has 10 heteroatoms. The van der Waals surface area contributed by atoms with Gasteiger partial charge in [0, 0.05) is 18.2 Å². The van der Waals surface area contributed by atoms with Gasteiger partial charge in [-0.05, 0) is 87.0 Å². The summed E-state index contributed by atoms with van der Waals surface area (Å²) in [6.07, 6.45) is 6.48. The second-order valence-electron chi connectivity index (χ2n) is 9.35. The van der Waals surface area contributed by atoms with Gasteiger partial charge in [-0.25, -0.2) is 17.9 Å². The van der Waals surface area contributed by atoms with Crippen LogP contribution in [0.3, 0.4) is 0 Å². The molecule has 0 bridgehead atoms. The van der Waals surface area contributed by atoms with Gasteiger partial charge in [0.25, 0.3) is 5.91 Å². The SMILES string of the molecule is CSCCC(NC(=O)c1ccc(S(=O)(=O)NCCCN2CCCCC2C)cc1-c1ccccc1)C(=O)O. The van der Waals surface area contributed by atoms with Crippen LogP contribution in [0.25, 0.3) is 11.1 Å². The summed E-state index contributed by atoms with van der Waals surface area (Å²) in [6.45, 7) is 4.44. The Morgan fingerprint density at radius 2 is 1.92 bits per heavy atom. The maximum Gasteiger partial charge on any atom is 0.326 e. The Bertz CT molecular complexity index is 1160. The number of aliphatic carboxylic acids is 1. The summed E-state index contributed by atoms with van der Waals surface area (Å²) in [6, 6.07) is 12.8. The monoisotopic (exact) mass is 547 g/mol. The Balaban J connectivity index is 1.78. The van der Waals surface area contributed by atoms with E-state index in [2.05, 4.69) is 21.9 Å². The lowest BCUT2D eigenvalue weighted by molar-refractivity contribution is -0.139. The fourth-order valence-electron chi connectivity index (χ4n) is 4.54. The summed E-state index contributed by atoms with van der Waals surface area (Å²) in [7, 11) is -3.80. The van der Waals surface area contributed by atoms with Crippen LogP contribution in [-0.4, -0.2) is 74.0 Å². The van der Waals surface area contributed by atoms with Gasteiger partial charge in [-0.2, -0.15) is 11.8 Å². The van der Waals surface area contributed by atoms with Crippen LogP contribution in [0.4, 0.5) is 0 Å². The number of carbonyl (C=O) groups is 2. The molecule has 2 unspecified atom stereocenters. The molecule has 1 amide bonds. The molecule has 1 fully saturated rings. The molecular weight excluding hydrogens is 510 g/mol. The minimum absolute atomic E-state index is 0.0615. The van der Waals surface area contributed by atoms with E-state index in [1.165, 1.54) is 49.2 Å². The molecule has 1 saturated heterocycles. The van der Waals surface area contributed by atoms with Crippen LogP contribution < -0.4 is 10.0 Å². The van der Waals surface area contributed by atoms with Gasteiger partial charge in [0.05, 0.1) is 4.90 Å². The number of nitrogens with one attached hydrogen (secondary N) is 2. The molecule has 0 saturated carbocycles. The number of sulfonamides is 1. The first-order valence-corrected chi connectivity index (χ1v) is 15.6. The standard InChI is InChI=1S/C27H37N3O5S2/c1-20-9-6-7-16-30(20)17-8-15-28-37(34,35)22-12-13-23(24(19-22)21-10-4-3-5-11-21)26(31)29-25(27(32)33)14-18-36-2/h3-5,10-13,19-20,25,28H,6-9,14-18H2,1-2H3,(H,29,31)(H,32,33). The van der Waals surface area contributed by atoms with E-state index in [1.807, 2.05) is 12.3 Å². The number of carbonyl (C=O) groups excluding carboxylic acids is 1. The zero-order valence-corrected chi connectivity index (χ0v) is 23.1. The number of thioether (sulfide) groups is 1. The van der Waals surface area contributed by atoms with Gasteiger partial charge in [-0.1, -0.05) is 36.8 Å². The molecule has 3 N–H and O–H groups in total. The smallest absolute Gasteiger partial charge is 0.326 e. The van der Waals surface area contributed by atoms with E-state index in [0.717, 1.165) is 13.1 Å². The highest BCUT2D eigenvalue weighted by Gasteiger charge is 2.24. The maximum absolute atomic E-state index is 13.1. The van der Waals surface area contributed by atoms with E-state index in [0.29, 0.717) is 35.9 Å². The molecule has 0 spiro atoms. The molecule has 8 nitrogen and oxygen atoms in total. The predicted octanol–water partition coefficient (Wildman–Crippen LogP) is 3.83. The van der Waals surface area contributed by atoms with Crippen LogP contribution in [0.15, 0.2) is 53.4 Å². The highest BCUT2D eigenvalue weighted by molar-refractivity contribution is 7.98. The van der Waals surface area contributed by atoms with Crippen molar-refractivity contribution in [3.05, 3.63) is 54.1 Å². The number of carboxylic acids is 1. The van der Waals surface area contributed by atoms with Crippen LogP contribution >= 0.6 is 11.8 Å². The molecule has 1 heterocycles. The Hall–Kier alpha value is -2.40. The highest BCUT2D eigenvalue weighted by Crippen LogP contribution is 2.27. The van der Waals surface area contributed by atoms with E-state index in [-0.39, 0.29) is 16.9 Å². The maximum atomic E-state index is 13.1. The second-order valence-corrected chi connectivity index (χ2v) is 12.1. The molecule has 37 heavy (non-hydrogen) atoms. The van der Waals surface area contributed by atoms with E-state index in [4.69, 9.17) is 0 Å². The first-order chi connectivity index (χ1) is 17.7. The van der Waals surface area contributed by atoms with E-state index >= 15 is 0 Å². The molecule has 0 aromatic heterocycles. The van der Waals surface area contributed by atoms with Gasteiger partial charge in [0.2, 0.25) is 10.0 Å². The lowest BCUT2D eigenvalue weighted by atomic mass is 9.99. The molecule has 0 radical (unpaired) electrons. The van der Waals surface area contributed by atoms with Crippen molar-refractivity contribution < 1.29 is 23.1 Å². The normalized spacial score (nSPS) is 17.3. The summed E-state index contributed by atoms with van der Waals surface area (Å²) in [4.78, 5) is 27.2. The summed E-state index contributed by atoms with van der Waals surface area (Å²) in [5.41, 5.74) is 1.32. The van der Waals surface area contributed by atoms with Crippen LogP contribution in [0, 0.1) is 0 Å². The molecule has 3 rings (SSSR count). The number of rotatable bonds is 13. The topological polar surface area (TPSA) is 116 Å². The molecule has 1 aliphatic rings. The highest BCUT2D eigenvalue weighted by atomic mass is 32.2. The minimum atomic E-state index is -3.80. The third kappa shape index (κ3) is 8.29. The molecule has 2 atom stereocenters. The lowest BCUT2D eigenvalue weighted by Gasteiger charge is -2.33. The number of carboxylic acid groups (broad SMARTS) is 1. The predicted molar refractivity (Wildman–Crippen MR) is 148 cm³/mol. The van der Waals surface area contributed by atoms with Gasteiger partial charge in [-0.3, -0.25) is 4.79 Å². The van der Waals surface area contributed by atoms with E-state index < -0.39 is 27.9 Å². The Kier molecular flexibility index (Phi) is 11.0. The van der Waals surface area contributed by atoms with Crippen LogP contribution in [0.2, 0.25) is 0 Å². The van der Waals surface area contributed by atoms with Crippen molar-refractivity contribution in [2.45, 2.75) is 56.0 Å². The summed E-state index contributed by atoms with van der Waals surface area (Å²) in [5.74, 6) is -1.08. The average molecular weight is 548 g/mol. The first-order valence-electron chi connectivity index (χ1n) is 12.7. The van der Waals surface area contributed by atoms with Gasteiger partial charge in [-0.15, -0.1) is 0 Å². The fourth-order valence-corrected chi connectivity index (χ4v) is 6.11. The molecule has 1 aliphatic heterocycles. The minimum Gasteiger partial charge on any atom is -0.480 e. The number of hydrogen-bond acceptors (Lipinski definition) is 6. The number of nitrogens with zero attached hydrogens (tertiary/aromatic N) is 1. The van der Waals surface area contributed by atoms with Crippen LogP contribution in [0.5, 0.6) is 0 Å². The zero-order chi connectivity index (χ0) is 26.8. The van der Waals surface area contributed by atoms with Crippen molar-refractivity contribution in [1.82, 2.24) is 14.9 Å². The van der Waals surface area contributed by atoms with Crippen molar-refractivity contribution in [2.75, 3.05) is 31.6 Å².